The van der Waals surface area contributed by atoms with Gasteiger partial charge in [-0.25, -0.2) is 9.48 Å². The largest absolute Gasteiger partial charge is 0.461 e. The van der Waals surface area contributed by atoms with Crippen LogP contribution in [0.3, 0.4) is 0 Å². The molecule has 168 valence electrons. The molecule has 3 aliphatic rings. The number of esters is 1. The molecule has 1 N–H and O–H groups in total. The molecule has 2 aliphatic heterocycles. The van der Waals surface area contributed by atoms with Gasteiger partial charge in [-0.3, -0.25) is 4.79 Å². The molecule has 1 fully saturated rings. The Hall–Kier alpha value is -2.88. The molecule has 6 rings (SSSR count). The lowest BCUT2D eigenvalue weighted by Gasteiger charge is -2.33. The van der Waals surface area contributed by atoms with E-state index in [0.29, 0.717) is 12.2 Å². The number of nitrogens with one attached hydrogen (secondary N) is 1. The average molecular weight is 554 g/mol. The van der Waals surface area contributed by atoms with Crippen molar-refractivity contribution in [1.82, 2.24) is 9.78 Å². The van der Waals surface area contributed by atoms with Crippen molar-refractivity contribution in [1.29, 1.82) is 0 Å². The van der Waals surface area contributed by atoms with Crippen molar-refractivity contribution >= 4 is 45.8 Å². The summed E-state index contributed by atoms with van der Waals surface area (Å²) in [5.41, 5.74) is 5.20. The van der Waals surface area contributed by atoms with E-state index < -0.39 is 5.97 Å². The molecule has 3 heterocycles. The van der Waals surface area contributed by atoms with E-state index in [-0.39, 0.29) is 23.6 Å². The molecule has 1 spiro atoms. The maximum atomic E-state index is 13.9. The van der Waals surface area contributed by atoms with Crippen LogP contribution in [0.4, 0.5) is 11.4 Å². The first kappa shape index (κ1) is 20.7. The van der Waals surface area contributed by atoms with Gasteiger partial charge in [-0.05, 0) is 96.8 Å². The number of hydrogen-bond donors (Lipinski definition) is 1. The fraction of sp³-hybridized carbons (Fsp3) is 0.320. The Balaban J connectivity index is 1.55. The van der Waals surface area contributed by atoms with Crippen molar-refractivity contribution < 1.29 is 14.3 Å². The summed E-state index contributed by atoms with van der Waals surface area (Å²) in [5, 5.41) is 8.07. The van der Waals surface area contributed by atoms with Crippen LogP contribution in [0.1, 0.15) is 51.9 Å². The third kappa shape index (κ3) is 3.25. The second-order valence-corrected chi connectivity index (χ2v) is 10.1. The molecule has 1 saturated carbocycles. The molecule has 0 bridgehead atoms. The van der Waals surface area contributed by atoms with Crippen molar-refractivity contribution in [3.8, 4) is 5.69 Å². The van der Waals surface area contributed by atoms with Gasteiger partial charge in [0.15, 0.2) is 5.69 Å². The van der Waals surface area contributed by atoms with Crippen LogP contribution in [-0.2, 0) is 16.6 Å². The zero-order valence-electron chi connectivity index (χ0n) is 18.2. The lowest BCUT2D eigenvalue weighted by molar-refractivity contribution is 0.0517. The minimum Gasteiger partial charge on any atom is -0.461 e. The third-order valence-corrected chi connectivity index (χ3v) is 7.55. The number of hydrogen-bond acceptors (Lipinski definition) is 5. The number of benzene rings is 2. The molecule has 0 radical (unpaired) electrons. The van der Waals surface area contributed by atoms with Crippen LogP contribution < -0.4 is 10.2 Å². The van der Waals surface area contributed by atoms with Crippen LogP contribution in [0, 0.1) is 3.57 Å². The number of amides is 1. The van der Waals surface area contributed by atoms with Crippen molar-refractivity contribution in [2.24, 2.45) is 0 Å². The summed E-state index contributed by atoms with van der Waals surface area (Å²) in [5.74, 6) is -0.595. The number of nitrogens with zero attached hydrogens (tertiary/aromatic N) is 3. The summed E-state index contributed by atoms with van der Waals surface area (Å²) in [7, 11) is 0. The van der Waals surface area contributed by atoms with Gasteiger partial charge in [-0.15, -0.1) is 0 Å². The minimum atomic E-state index is -0.461. The molecule has 0 saturated heterocycles. The van der Waals surface area contributed by atoms with Gasteiger partial charge in [-0.2, -0.15) is 5.10 Å². The van der Waals surface area contributed by atoms with Gasteiger partial charge >= 0.3 is 5.97 Å². The number of halogens is 1. The van der Waals surface area contributed by atoms with Crippen LogP contribution in [0.25, 0.3) is 5.69 Å². The first-order valence-electron chi connectivity index (χ1n) is 11.3. The molecule has 0 atom stereocenters. The zero-order chi connectivity index (χ0) is 22.7. The summed E-state index contributed by atoms with van der Waals surface area (Å²) in [4.78, 5) is 28.7. The molecule has 1 aromatic heterocycles. The lowest BCUT2D eigenvalue weighted by Crippen LogP contribution is -2.44. The van der Waals surface area contributed by atoms with Gasteiger partial charge in [0.05, 0.1) is 12.3 Å². The summed E-state index contributed by atoms with van der Waals surface area (Å²) in [6, 6.07) is 14.0. The number of fused-ring (bicyclic) bond motifs is 3. The quantitative estimate of drug-likeness (QED) is 0.385. The van der Waals surface area contributed by atoms with E-state index >= 15 is 0 Å². The van der Waals surface area contributed by atoms with Crippen LogP contribution >= 0.6 is 22.6 Å². The Labute approximate surface area is 205 Å². The number of ether oxygens (including phenoxy) is 1. The van der Waals surface area contributed by atoms with Crippen molar-refractivity contribution in [2.45, 2.75) is 31.6 Å². The molecule has 8 heteroatoms. The minimum absolute atomic E-state index is 0.134. The molecule has 0 unspecified atom stereocenters. The Bertz CT molecular complexity index is 1290. The van der Waals surface area contributed by atoms with Gasteiger partial charge in [-0.1, -0.05) is 0 Å². The smallest absolute Gasteiger partial charge is 0.359 e. The van der Waals surface area contributed by atoms with E-state index in [4.69, 9.17) is 9.84 Å². The fourth-order valence-corrected chi connectivity index (χ4v) is 5.40. The van der Waals surface area contributed by atoms with E-state index in [1.165, 1.54) is 5.56 Å². The maximum absolute atomic E-state index is 13.9. The summed E-state index contributed by atoms with van der Waals surface area (Å²) < 4.78 is 8.13. The maximum Gasteiger partial charge on any atom is 0.359 e. The number of aromatic nitrogens is 2. The fourth-order valence-electron chi connectivity index (χ4n) is 5.04. The molecule has 33 heavy (non-hydrogen) atoms. The number of anilines is 2. The molecule has 1 aliphatic carbocycles. The lowest BCUT2D eigenvalue weighted by atomic mass is 9.88. The highest BCUT2D eigenvalue weighted by atomic mass is 127. The Morgan fingerprint density at radius 1 is 1.18 bits per heavy atom. The topological polar surface area (TPSA) is 76.5 Å². The number of carbonyl (C=O) groups excluding carboxylic acids is 2. The molecular weight excluding hydrogens is 531 g/mol. The monoisotopic (exact) mass is 554 g/mol. The van der Waals surface area contributed by atoms with Crippen molar-refractivity contribution in [3.05, 3.63) is 68.5 Å². The second-order valence-electron chi connectivity index (χ2n) is 8.87. The Morgan fingerprint density at radius 3 is 2.67 bits per heavy atom. The van der Waals surface area contributed by atoms with Gasteiger partial charge < -0.3 is 15.0 Å². The summed E-state index contributed by atoms with van der Waals surface area (Å²) in [6.07, 6.45) is 2.75. The predicted octanol–water partition coefficient (Wildman–Crippen LogP) is 4.31. The predicted molar refractivity (Wildman–Crippen MR) is 133 cm³/mol. The highest BCUT2D eigenvalue weighted by molar-refractivity contribution is 14.1. The van der Waals surface area contributed by atoms with Crippen LogP contribution in [0.5, 0.6) is 0 Å². The van der Waals surface area contributed by atoms with Gasteiger partial charge in [0.25, 0.3) is 5.91 Å². The zero-order valence-corrected chi connectivity index (χ0v) is 20.4. The normalized spacial score (nSPS) is 17.5. The van der Waals surface area contributed by atoms with Crippen LogP contribution in [0.15, 0.2) is 42.5 Å². The van der Waals surface area contributed by atoms with E-state index in [9.17, 15) is 9.59 Å². The molecule has 3 aromatic rings. The standard InChI is InChI=1S/C25H23IN4O3/c1-2-33-24(32)21-20-22(30(28-21)18-7-8-19-15(13-18)9-12-27-19)23(31)29(14-25(20)10-11-25)17-5-3-16(26)4-6-17/h3-8,13,27H,2,9-12,14H2,1H3. The highest BCUT2D eigenvalue weighted by Crippen LogP contribution is 2.54. The summed E-state index contributed by atoms with van der Waals surface area (Å²) in [6.45, 7) is 3.49. The number of rotatable bonds is 4. The first-order chi connectivity index (χ1) is 16.0. The van der Waals surface area contributed by atoms with E-state index in [1.54, 1.807) is 11.6 Å². The van der Waals surface area contributed by atoms with Crippen LogP contribution in [-0.4, -0.2) is 41.4 Å². The Kier molecular flexibility index (Phi) is 4.76. The van der Waals surface area contributed by atoms with Gasteiger partial charge in [0.1, 0.15) is 5.69 Å². The summed E-state index contributed by atoms with van der Waals surface area (Å²) >= 11 is 2.26. The van der Waals surface area contributed by atoms with Crippen molar-refractivity contribution in [3.63, 3.8) is 0 Å². The molecular formula is C25H23IN4O3. The van der Waals surface area contributed by atoms with E-state index in [2.05, 4.69) is 34.0 Å². The highest BCUT2D eigenvalue weighted by Gasteiger charge is 2.56. The second kappa shape index (κ2) is 7.58. The Morgan fingerprint density at radius 2 is 1.94 bits per heavy atom. The van der Waals surface area contributed by atoms with Gasteiger partial charge in [0.2, 0.25) is 0 Å². The van der Waals surface area contributed by atoms with Crippen molar-refractivity contribution in [2.75, 3.05) is 29.9 Å². The van der Waals surface area contributed by atoms with E-state index in [0.717, 1.165) is 52.0 Å². The number of carbonyl (C=O) groups is 2. The molecule has 1 amide bonds. The van der Waals surface area contributed by atoms with E-state index in [1.807, 2.05) is 41.3 Å². The van der Waals surface area contributed by atoms with Gasteiger partial charge in [0, 0.05) is 39.0 Å². The SMILES string of the molecule is CCOC(=O)c1nn(-c2ccc3c(c2)CCN3)c2c1C1(CC1)CN(c1ccc(I)cc1)C2=O. The first-order valence-corrected chi connectivity index (χ1v) is 12.3. The van der Waals surface area contributed by atoms with Crippen LogP contribution in [0.2, 0.25) is 0 Å². The molecule has 2 aromatic carbocycles. The molecule has 7 nitrogen and oxygen atoms in total. The third-order valence-electron chi connectivity index (χ3n) is 6.83. The average Bonchev–Trinajstić information content (AvgIpc) is 3.23.